The van der Waals surface area contributed by atoms with Crippen LogP contribution in [0.4, 0.5) is 0 Å². The predicted molar refractivity (Wildman–Crippen MR) is 59.6 cm³/mol. The summed E-state index contributed by atoms with van der Waals surface area (Å²) >= 11 is 0. The molecule has 0 radical (unpaired) electrons. The van der Waals surface area contributed by atoms with E-state index in [1.807, 2.05) is 0 Å². The van der Waals surface area contributed by atoms with E-state index in [0.29, 0.717) is 0 Å². The zero-order chi connectivity index (χ0) is 24.0. The Morgan fingerprint density at radius 3 is 0.172 bits per heavy atom. The van der Waals surface area contributed by atoms with Gasteiger partial charge in [-0.1, -0.05) is 0 Å². The van der Waals surface area contributed by atoms with Crippen molar-refractivity contribution in [3.63, 3.8) is 0 Å². The molecular formula is C12Co2N12Ru3. The number of hydrogen-bond donors (Lipinski definition) is 0. The molecule has 0 aliphatic carbocycles. The van der Waals surface area contributed by atoms with Gasteiger partial charge in [0, 0.05) is 0 Å². The summed E-state index contributed by atoms with van der Waals surface area (Å²) in [5, 5.41) is 75.0. The number of nitrogens with zero attached hydrogens (tertiary/aromatic N) is 12. The molecule has 0 amide bonds. The van der Waals surface area contributed by atoms with Gasteiger partial charge >= 0.3 is 92.0 Å². The molecule has 0 spiro atoms. The SMILES string of the molecule is [C-]#N.[C-]#N.[C-]#N.[C-]#N.[C-]#N.[C-]#N.[C-]#N.[C-]#N.[C-]#N.[C-]#N.[C-]#N.[C-]#N.[Co+3].[Co+3].[Ru+2].[Ru+2].[Ru+2]. The van der Waals surface area contributed by atoms with Gasteiger partial charge in [0.25, 0.3) is 0 Å². The van der Waals surface area contributed by atoms with Gasteiger partial charge in [0.2, 0.25) is 0 Å². The van der Waals surface area contributed by atoms with Crippen LogP contribution in [-0.2, 0) is 92.0 Å². The van der Waals surface area contributed by atoms with Gasteiger partial charge in [-0.3, -0.25) is 0 Å². The van der Waals surface area contributed by atoms with Crippen molar-refractivity contribution < 1.29 is 92.0 Å². The molecular weight excluding hydrogens is 733 g/mol. The second kappa shape index (κ2) is 1330. The second-order valence-corrected chi connectivity index (χ2v) is 0. The van der Waals surface area contributed by atoms with Crippen molar-refractivity contribution in [2.24, 2.45) is 0 Å². The third-order valence-electron chi connectivity index (χ3n) is 0. The minimum Gasteiger partial charge on any atom is -0.512 e. The van der Waals surface area contributed by atoms with Crippen LogP contribution in [0.25, 0.3) is 0 Å². The van der Waals surface area contributed by atoms with Crippen molar-refractivity contribution >= 4 is 0 Å². The first-order chi connectivity index (χ1) is 12.0. The van der Waals surface area contributed by atoms with Gasteiger partial charge in [-0.2, -0.15) is 0 Å². The van der Waals surface area contributed by atoms with Crippen molar-refractivity contribution in [2.45, 2.75) is 0 Å². The van der Waals surface area contributed by atoms with E-state index < -0.39 is 0 Å². The van der Waals surface area contributed by atoms with E-state index in [2.05, 4.69) is 0 Å². The molecule has 29 heavy (non-hydrogen) atoms. The Kier molecular flexibility index (Phi) is 9470. The Bertz CT molecular complexity index is 234. The molecule has 0 N–H and O–H groups in total. The maximum absolute atomic E-state index is 6.25. The Hall–Kier alpha value is -3.24. The van der Waals surface area contributed by atoms with E-state index in [4.69, 9.17) is 142 Å². The average molecular weight is 733 g/mol. The van der Waals surface area contributed by atoms with Gasteiger partial charge in [-0.05, 0) is 0 Å². The van der Waals surface area contributed by atoms with Crippen molar-refractivity contribution in [1.29, 1.82) is 63.1 Å². The van der Waals surface area contributed by atoms with Crippen molar-refractivity contribution in [1.82, 2.24) is 0 Å². The summed E-state index contributed by atoms with van der Waals surface area (Å²) in [6, 6.07) is 0. The molecule has 0 bridgehead atoms. The molecule has 17 heteroatoms. The van der Waals surface area contributed by atoms with E-state index in [1.54, 1.807) is 0 Å². The summed E-state index contributed by atoms with van der Waals surface area (Å²) in [5.74, 6) is 0. The van der Waals surface area contributed by atoms with Crippen LogP contribution in [0, 0.1) is 142 Å². The molecule has 0 aromatic rings. The molecule has 0 aromatic carbocycles. The monoisotopic (exact) mass is 736 g/mol. The quantitative estimate of drug-likeness (QED) is 0.250. The Balaban J connectivity index is -0.00000000356. The molecule has 0 heterocycles. The molecule has 0 atom stereocenters. The fourth-order valence-corrected chi connectivity index (χ4v) is 0. The fraction of sp³-hybridized carbons (Fsp3) is 0. The largest absolute Gasteiger partial charge is 3.00 e. The van der Waals surface area contributed by atoms with Crippen LogP contribution in [0.1, 0.15) is 0 Å². The number of rotatable bonds is 0. The third-order valence-corrected chi connectivity index (χ3v) is 0. The molecule has 0 fully saturated rings. The van der Waals surface area contributed by atoms with Gasteiger partial charge in [-0.15, -0.1) is 0 Å². The van der Waals surface area contributed by atoms with Crippen molar-refractivity contribution in [2.75, 3.05) is 0 Å². The van der Waals surface area contributed by atoms with Crippen LogP contribution < -0.4 is 0 Å². The van der Waals surface area contributed by atoms with Gasteiger partial charge in [0.05, 0.1) is 0 Å². The van der Waals surface area contributed by atoms with Crippen molar-refractivity contribution in [3.8, 4) is 0 Å². The molecule has 150 valence electrons. The minimum atomic E-state index is 0. The van der Waals surface area contributed by atoms with Crippen molar-refractivity contribution in [3.05, 3.63) is 78.9 Å². The minimum absolute atomic E-state index is 0. The maximum atomic E-state index is 6.25. The van der Waals surface area contributed by atoms with E-state index in [1.165, 1.54) is 0 Å². The third kappa shape index (κ3) is 1220. The van der Waals surface area contributed by atoms with E-state index in [0.717, 1.165) is 0 Å². The van der Waals surface area contributed by atoms with Gasteiger partial charge < -0.3 is 142 Å². The first kappa shape index (κ1) is 206. The van der Waals surface area contributed by atoms with Crippen LogP contribution >= 0.6 is 0 Å². The molecule has 0 rings (SSSR count). The summed E-state index contributed by atoms with van der Waals surface area (Å²) in [4.78, 5) is 0. The summed E-state index contributed by atoms with van der Waals surface area (Å²) in [5.41, 5.74) is 0. The molecule has 12 nitrogen and oxygen atoms in total. The normalized spacial score (nSPS) is 0.828. The zero-order valence-electron chi connectivity index (χ0n) is 13.1. The Labute approximate surface area is 232 Å². The van der Waals surface area contributed by atoms with E-state index in [9.17, 15) is 0 Å². The van der Waals surface area contributed by atoms with E-state index in [-0.39, 0.29) is 92.0 Å². The molecule has 0 aromatic heterocycles. The molecule has 0 aliphatic rings. The summed E-state index contributed by atoms with van der Waals surface area (Å²) < 4.78 is 0. The van der Waals surface area contributed by atoms with Gasteiger partial charge in [-0.25, -0.2) is 0 Å². The average Bonchev–Trinajstić information content (AvgIpc) is 2.84. The van der Waals surface area contributed by atoms with Crippen LogP contribution in [0.2, 0.25) is 0 Å². The van der Waals surface area contributed by atoms with Crippen LogP contribution in [0.3, 0.4) is 0 Å². The fourth-order valence-electron chi connectivity index (χ4n) is 0. The van der Waals surface area contributed by atoms with Gasteiger partial charge in [0.15, 0.2) is 0 Å². The standard InChI is InChI=1S/12CN.2Co.3Ru/c12*1-2;;;;;/q12*-1;2*+3;3*+2. The topological polar surface area (TPSA) is 285 Å². The summed E-state index contributed by atoms with van der Waals surface area (Å²) in [6.07, 6.45) is 0. The Morgan fingerprint density at radius 2 is 0.172 bits per heavy atom. The van der Waals surface area contributed by atoms with Crippen LogP contribution in [-0.4, -0.2) is 0 Å². The second-order valence-electron chi connectivity index (χ2n) is 0. The summed E-state index contributed by atoms with van der Waals surface area (Å²) in [7, 11) is 0. The molecule has 0 saturated carbocycles. The van der Waals surface area contributed by atoms with Crippen LogP contribution in [0.15, 0.2) is 0 Å². The Morgan fingerprint density at radius 1 is 0.172 bits per heavy atom. The zero-order valence-corrected chi connectivity index (χ0v) is 20.4. The van der Waals surface area contributed by atoms with Gasteiger partial charge in [0.1, 0.15) is 0 Å². The number of hydrogen-bond acceptors (Lipinski definition) is 12. The molecule has 0 aliphatic heterocycles. The first-order valence-corrected chi connectivity index (χ1v) is 2.68. The first-order valence-electron chi connectivity index (χ1n) is 2.68. The smallest absolute Gasteiger partial charge is 0.512 e. The van der Waals surface area contributed by atoms with Crippen LogP contribution in [0.5, 0.6) is 0 Å². The van der Waals surface area contributed by atoms with E-state index >= 15 is 0 Å². The molecule has 0 saturated heterocycles. The maximum Gasteiger partial charge on any atom is 3.00 e. The predicted octanol–water partition coefficient (Wildman–Crippen LogP) is 1.14. The summed E-state index contributed by atoms with van der Waals surface area (Å²) in [6.45, 7) is 57.0. The molecule has 0 unspecified atom stereocenters.